The molecule has 0 heterocycles. The number of ether oxygens (including phenoxy) is 1. The summed E-state index contributed by atoms with van der Waals surface area (Å²) in [6.45, 7) is 3.64. The Morgan fingerprint density at radius 3 is 2.62 bits per heavy atom. The van der Waals surface area contributed by atoms with Crippen molar-refractivity contribution in [3.8, 4) is 11.5 Å². The highest BCUT2D eigenvalue weighted by Crippen LogP contribution is 2.32. The molecular formula is C16H16BrClFNO. The first-order valence-electron chi connectivity index (χ1n) is 6.72. The van der Waals surface area contributed by atoms with Crippen LogP contribution < -0.4 is 10.1 Å². The van der Waals surface area contributed by atoms with Crippen molar-refractivity contribution >= 4 is 27.5 Å². The molecule has 1 N–H and O–H groups in total. The molecule has 2 rings (SSSR count). The molecule has 0 aliphatic carbocycles. The van der Waals surface area contributed by atoms with Crippen LogP contribution in [0.1, 0.15) is 18.9 Å². The number of halogens is 3. The van der Waals surface area contributed by atoms with Gasteiger partial charge in [0.2, 0.25) is 0 Å². The maximum absolute atomic E-state index is 14.1. The highest BCUT2D eigenvalue weighted by Gasteiger charge is 2.09. The lowest BCUT2D eigenvalue weighted by molar-refractivity contribution is 0.441. The molecule has 0 aliphatic heterocycles. The molecule has 0 saturated heterocycles. The van der Waals surface area contributed by atoms with Crippen LogP contribution in [0.2, 0.25) is 5.02 Å². The highest BCUT2D eigenvalue weighted by atomic mass is 79.9. The Bertz CT molecular complexity index is 621. The van der Waals surface area contributed by atoms with Crippen molar-refractivity contribution in [3.05, 3.63) is 57.3 Å². The van der Waals surface area contributed by atoms with Gasteiger partial charge in [-0.15, -0.1) is 0 Å². The van der Waals surface area contributed by atoms with E-state index in [1.807, 2.05) is 6.07 Å². The Balaban J connectivity index is 2.10. The summed E-state index contributed by atoms with van der Waals surface area (Å²) >= 11 is 9.37. The predicted octanol–water partition coefficient (Wildman–Crippen LogP) is 5.53. The number of hydrogen-bond acceptors (Lipinski definition) is 2. The summed E-state index contributed by atoms with van der Waals surface area (Å²) in [5, 5.41) is 3.66. The fourth-order valence-electron chi connectivity index (χ4n) is 1.82. The second kappa shape index (κ2) is 7.78. The fraction of sp³-hybridized carbons (Fsp3) is 0.250. The summed E-state index contributed by atoms with van der Waals surface area (Å²) < 4.78 is 20.4. The van der Waals surface area contributed by atoms with E-state index in [9.17, 15) is 4.39 Å². The minimum atomic E-state index is -0.398. The Labute approximate surface area is 137 Å². The van der Waals surface area contributed by atoms with Crippen molar-refractivity contribution < 1.29 is 9.13 Å². The fourth-order valence-corrected chi connectivity index (χ4v) is 2.54. The van der Waals surface area contributed by atoms with Crippen molar-refractivity contribution in [3.63, 3.8) is 0 Å². The van der Waals surface area contributed by atoms with Crippen LogP contribution in [0.3, 0.4) is 0 Å². The van der Waals surface area contributed by atoms with Gasteiger partial charge in [-0.3, -0.25) is 0 Å². The van der Waals surface area contributed by atoms with E-state index < -0.39 is 5.82 Å². The lowest BCUT2D eigenvalue weighted by atomic mass is 10.2. The lowest BCUT2D eigenvalue weighted by Gasteiger charge is -2.10. The largest absolute Gasteiger partial charge is 0.453 e. The first kappa shape index (κ1) is 16.3. The molecule has 2 aromatic rings. The SMILES string of the molecule is CCCNCc1ccc(Oc2ccc(Br)cc2Cl)c(F)c1. The molecule has 0 spiro atoms. The minimum absolute atomic E-state index is 0.165. The van der Waals surface area contributed by atoms with Crippen LogP contribution in [-0.4, -0.2) is 6.54 Å². The van der Waals surface area contributed by atoms with Crippen LogP contribution in [0.15, 0.2) is 40.9 Å². The third kappa shape index (κ3) is 4.70. The number of hydrogen-bond donors (Lipinski definition) is 1. The van der Waals surface area contributed by atoms with Crippen LogP contribution >= 0.6 is 27.5 Å². The molecule has 0 unspecified atom stereocenters. The van der Waals surface area contributed by atoms with E-state index in [1.165, 1.54) is 6.07 Å². The van der Waals surface area contributed by atoms with E-state index in [-0.39, 0.29) is 5.75 Å². The first-order chi connectivity index (χ1) is 10.1. The summed E-state index contributed by atoms with van der Waals surface area (Å²) in [5.41, 5.74) is 0.884. The molecular weight excluding hydrogens is 357 g/mol. The van der Waals surface area contributed by atoms with Crippen molar-refractivity contribution in [2.75, 3.05) is 6.54 Å². The average Bonchev–Trinajstić information content (AvgIpc) is 2.44. The van der Waals surface area contributed by atoms with E-state index in [0.717, 1.165) is 23.0 Å². The predicted molar refractivity (Wildman–Crippen MR) is 87.6 cm³/mol. The third-order valence-corrected chi connectivity index (χ3v) is 3.65. The van der Waals surface area contributed by atoms with Crippen molar-refractivity contribution in [2.45, 2.75) is 19.9 Å². The van der Waals surface area contributed by atoms with Gasteiger partial charge in [0.05, 0.1) is 5.02 Å². The number of nitrogens with one attached hydrogen (secondary N) is 1. The third-order valence-electron chi connectivity index (χ3n) is 2.87. The molecule has 5 heteroatoms. The van der Waals surface area contributed by atoms with E-state index >= 15 is 0 Å². The van der Waals surface area contributed by atoms with Crippen LogP contribution in [0.4, 0.5) is 4.39 Å². The molecule has 0 bridgehead atoms. The average molecular weight is 373 g/mol. The van der Waals surface area contributed by atoms with Gasteiger partial charge in [0.15, 0.2) is 11.6 Å². The maximum Gasteiger partial charge on any atom is 0.166 e. The van der Waals surface area contributed by atoms with Crippen molar-refractivity contribution in [2.24, 2.45) is 0 Å². The van der Waals surface area contributed by atoms with Gasteiger partial charge in [-0.2, -0.15) is 0 Å². The Morgan fingerprint density at radius 2 is 1.95 bits per heavy atom. The standard InChI is InChI=1S/C16H16BrClFNO/c1-2-7-20-10-11-3-5-16(14(19)8-11)21-15-6-4-12(17)9-13(15)18/h3-6,8-9,20H,2,7,10H2,1H3. The molecule has 21 heavy (non-hydrogen) atoms. The molecule has 0 saturated carbocycles. The van der Waals surface area contributed by atoms with Gasteiger partial charge in [0.1, 0.15) is 5.75 Å². The Kier molecular flexibility index (Phi) is 6.03. The summed E-state index contributed by atoms with van der Waals surface area (Å²) in [6, 6.07) is 10.1. The second-order valence-corrected chi connectivity index (χ2v) is 5.94. The van der Waals surface area contributed by atoms with E-state index in [0.29, 0.717) is 17.3 Å². The smallest absolute Gasteiger partial charge is 0.166 e. The lowest BCUT2D eigenvalue weighted by Crippen LogP contribution is -2.13. The molecule has 2 nitrogen and oxygen atoms in total. The van der Waals surface area contributed by atoms with Gasteiger partial charge in [0, 0.05) is 11.0 Å². The van der Waals surface area contributed by atoms with Crippen LogP contribution in [0, 0.1) is 5.82 Å². The summed E-state index contributed by atoms with van der Waals surface area (Å²) in [4.78, 5) is 0. The van der Waals surface area contributed by atoms with Crippen LogP contribution in [-0.2, 0) is 6.54 Å². The van der Waals surface area contributed by atoms with Gasteiger partial charge < -0.3 is 10.1 Å². The molecule has 0 atom stereocenters. The van der Waals surface area contributed by atoms with E-state index in [2.05, 4.69) is 28.2 Å². The van der Waals surface area contributed by atoms with Crippen molar-refractivity contribution in [1.82, 2.24) is 5.32 Å². The molecule has 0 aliphatic rings. The molecule has 0 aromatic heterocycles. The summed E-state index contributed by atoms with van der Waals surface area (Å²) in [7, 11) is 0. The molecule has 0 radical (unpaired) electrons. The maximum atomic E-state index is 14.1. The van der Waals surface area contributed by atoms with Crippen LogP contribution in [0.25, 0.3) is 0 Å². The van der Waals surface area contributed by atoms with Crippen molar-refractivity contribution in [1.29, 1.82) is 0 Å². The summed E-state index contributed by atoms with van der Waals surface area (Å²) in [6.07, 6.45) is 1.05. The highest BCUT2D eigenvalue weighted by molar-refractivity contribution is 9.10. The zero-order valence-corrected chi connectivity index (χ0v) is 14.0. The van der Waals surface area contributed by atoms with E-state index in [1.54, 1.807) is 24.3 Å². The molecule has 2 aromatic carbocycles. The Hall–Kier alpha value is -1.10. The van der Waals surface area contributed by atoms with Gasteiger partial charge in [-0.05, 0) is 48.9 Å². The molecule has 112 valence electrons. The monoisotopic (exact) mass is 371 g/mol. The van der Waals surface area contributed by atoms with Crippen LogP contribution in [0.5, 0.6) is 11.5 Å². The first-order valence-corrected chi connectivity index (χ1v) is 7.89. The van der Waals surface area contributed by atoms with Gasteiger partial charge in [-0.25, -0.2) is 4.39 Å². The zero-order chi connectivity index (χ0) is 15.2. The normalized spacial score (nSPS) is 10.7. The quantitative estimate of drug-likeness (QED) is 0.673. The zero-order valence-electron chi connectivity index (χ0n) is 11.6. The molecule has 0 amide bonds. The second-order valence-electron chi connectivity index (χ2n) is 4.62. The van der Waals surface area contributed by atoms with Gasteiger partial charge in [0.25, 0.3) is 0 Å². The van der Waals surface area contributed by atoms with Gasteiger partial charge in [-0.1, -0.05) is 40.5 Å². The Morgan fingerprint density at radius 1 is 1.19 bits per heavy atom. The topological polar surface area (TPSA) is 21.3 Å². The minimum Gasteiger partial charge on any atom is -0.453 e. The van der Waals surface area contributed by atoms with E-state index in [4.69, 9.17) is 16.3 Å². The summed E-state index contributed by atoms with van der Waals surface area (Å²) in [5.74, 6) is 0.193. The number of benzene rings is 2. The number of rotatable bonds is 6. The van der Waals surface area contributed by atoms with Gasteiger partial charge >= 0.3 is 0 Å². The molecule has 0 fully saturated rings.